The van der Waals surface area contributed by atoms with Crippen molar-refractivity contribution in [3.63, 3.8) is 0 Å². The lowest BCUT2D eigenvalue weighted by Gasteiger charge is -2.22. The molecule has 0 radical (unpaired) electrons. The number of carbonyl (C=O) groups is 2. The van der Waals surface area contributed by atoms with Crippen LogP contribution in [0, 0.1) is 19.8 Å². The molecule has 1 amide bonds. The summed E-state index contributed by atoms with van der Waals surface area (Å²) in [6.07, 6.45) is 4.14. The van der Waals surface area contributed by atoms with Crippen molar-refractivity contribution in [2.24, 2.45) is 5.92 Å². The second-order valence-electron chi connectivity index (χ2n) is 7.09. The molecule has 0 atom stereocenters. The number of hydrogen-bond donors (Lipinski definition) is 0. The number of amides is 1. The molecule has 0 saturated heterocycles. The van der Waals surface area contributed by atoms with E-state index in [1.807, 2.05) is 42.8 Å². The van der Waals surface area contributed by atoms with Gasteiger partial charge < -0.3 is 9.64 Å². The highest BCUT2D eigenvalue weighted by molar-refractivity contribution is 5.95. The topological polar surface area (TPSA) is 64.4 Å². The van der Waals surface area contributed by atoms with Crippen molar-refractivity contribution in [1.29, 1.82) is 0 Å². The van der Waals surface area contributed by atoms with Gasteiger partial charge in [0.05, 0.1) is 36.2 Å². The van der Waals surface area contributed by atoms with Crippen LogP contribution in [0.2, 0.25) is 0 Å². The van der Waals surface area contributed by atoms with Gasteiger partial charge in [0.15, 0.2) is 0 Å². The van der Waals surface area contributed by atoms with Gasteiger partial charge in [0.2, 0.25) is 0 Å². The second kappa shape index (κ2) is 8.37. The molecular formula is C21H27N3O3. The van der Waals surface area contributed by atoms with Gasteiger partial charge in [-0.3, -0.25) is 9.59 Å². The van der Waals surface area contributed by atoms with Gasteiger partial charge in [-0.15, -0.1) is 0 Å². The maximum Gasteiger partial charge on any atom is 0.307 e. The lowest BCUT2D eigenvalue weighted by atomic mass is 10.1. The maximum absolute atomic E-state index is 13.1. The minimum absolute atomic E-state index is 0.0662. The van der Waals surface area contributed by atoms with E-state index >= 15 is 0 Å². The van der Waals surface area contributed by atoms with Gasteiger partial charge in [-0.05, 0) is 51.2 Å². The predicted molar refractivity (Wildman–Crippen MR) is 103 cm³/mol. The molecule has 1 aliphatic rings. The van der Waals surface area contributed by atoms with Crippen molar-refractivity contribution in [3.8, 4) is 5.69 Å². The zero-order valence-corrected chi connectivity index (χ0v) is 16.3. The molecule has 0 spiro atoms. The van der Waals surface area contributed by atoms with Crippen molar-refractivity contribution in [2.45, 2.75) is 40.0 Å². The molecule has 6 nitrogen and oxygen atoms in total. The Morgan fingerprint density at radius 2 is 2.00 bits per heavy atom. The number of aromatic nitrogens is 2. The van der Waals surface area contributed by atoms with Gasteiger partial charge in [-0.2, -0.15) is 5.10 Å². The first kappa shape index (κ1) is 19.1. The van der Waals surface area contributed by atoms with Crippen LogP contribution in [0.3, 0.4) is 0 Å². The second-order valence-corrected chi connectivity index (χ2v) is 7.09. The minimum Gasteiger partial charge on any atom is -0.466 e. The highest BCUT2D eigenvalue weighted by Gasteiger charge is 2.29. The third-order valence-corrected chi connectivity index (χ3v) is 4.94. The summed E-state index contributed by atoms with van der Waals surface area (Å²) in [7, 11) is 0. The molecule has 1 aromatic carbocycles. The van der Waals surface area contributed by atoms with E-state index in [2.05, 4.69) is 5.10 Å². The van der Waals surface area contributed by atoms with E-state index in [1.165, 1.54) is 0 Å². The fraction of sp³-hybridized carbons (Fsp3) is 0.476. The fourth-order valence-corrected chi connectivity index (χ4v) is 3.18. The number of hydrogen-bond acceptors (Lipinski definition) is 4. The first-order valence-corrected chi connectivity index (χ1v) is 9.56. The van der Waals surface area contributed by atoms with Gasteiger partial charge in [0, 0.05) is 13.1 Å². The average molecular weight is 369 g/mol. The van der Waals surface area contributed by atoms with Crippen LogP contribution in [0.15, 0.2) is 30.5 Å². The molecule has 1 saturated carbocycles. The Morgan fingerprint density at radius 1 is 1.26 bits per heavy atom. The smallest absolute Gasteiger partial charge is 0.307 e. The van der Waals surface area contributed by atoms with Gasteiger partial charge in [0.1, 0.15) is 0 Å². The molecular weight excluding hydrogens is 342 g/mol. The number of benzene rings is 1. The standard InChI is InChI=1S/C21H27N3O3/c1-4-27-20(25)11-12-23(14-17-9-10-17)21(26)18-13-22-24(16(18)3)19-8-6-5-7-15(19)2/h5-8,13,17H,4,9-12,14H2,1-3H3. The number of para-hydroxylation sites is 1. The summed E-state index contributed by atoms with van der Waals surface area (Å²) in [5.41, 5.74) is 3.46. The number of nitrogens with zero attached hydrogens (tertiary/aromatic N) is 3. The quantitative estimate of drug-likeness (QED) is 0.670. The summed E-state index contributed by atoms with van der Waals surface area (Å²) < 4.78 is 6.81. The first-order chi connectivity index (χ1) is 13.0. The van der Waals surface area contributed by atoms with Crippen LogP contribution in [-0.4, -0.2) is 46.3 Å². The highest BCUT2D eigenvalue weighted by atomic mass is 16.5. The maximum atomic E-state index is 13.1. The Balaban J connectivity index is 1.79. The summed E-state index contributed by atoms with van der Waals surface area (Å²) in [5, 5.41) is 4.45. The molecule has 2 aromatic rings. The summed E-state index contributed by atoms with van der Waals surface area (Å²) in [5.74, 6) is 0.213. The monoisotopic (exact) mass is 369 g/mol. The Bertz CT molecular complexity index is 824. The van der Waals surface area contributed by atoms with E-state index in [0.717, 1.165) is 29.8 Å². The number of esters is 1. The summed E-state index contributed by atoms with van der Waals surface area (Å²) in [6.45, 7) is 7.15. The van der Waals surface area contributed by atoms with Crippen molar-refractivity contribution in [2.75, 3.05) is 19.7 Å². The molecule has 27 heavy (non-hydrogen) atoms. The van der Waals surface area contributed by atoms with Crippen molar-refractivity contribution in [1.82, 2.24) is 14.7 Å². The van der Waals surface area contributed by atoms with Gasteiger partial charge in [0.25, 0.3) is 5.91 Å². The van der Waals surface area contributed by atoms with Gasteiger partial charge in [-0.1, -0.05) is 18.2 Å². The lowest BCUT2D eigenvalue weighted by molar-refractivity contribution is -0.143. The van der Waals surface area contributed by atoms with Crippen LogP contribution in [0.25, 0.3) is 5.69 Å². The molecule has 0 N–H and O–H groups in total. The largest absolute Gasteiger partial charge is 0.466 e. The van der Waals surface area contributed by atoms with Crippen molar-refractivity contribution in [3.05, 3.63) is 47.3 Å². The number of carbonyl (C=O) groups excluding carboxylic acids is 2. The molecule has 1 fully saturated rings. The molecule has 0 bridgehead atoms. The Hall–Kier alpha value is -2.63. The molecule has 0 unspecified atom stereocenters. The fourth-order valence-electron chi connectivity index (χ4n) is 3.18. The van der Waals surface area contributed by atoms with Crippen LogP contribution in [-0.2, 0) is 9.53 Å². The van der Waals surface area contributed by atoms with Gasteiger partial charge in [-0.25, -0.2) is 4.68 Å². The number of rotatable bonds is 8. The Labute approximate surface area is 160 Å². The van der Waals surface area contributed by atoms with Crippen LogP contribution in [0.1, 0.15) is 47.8 Å². The van der Waals surface area contributed by atoms with E-state index < -0.39 is 0 Å². The molecule has 3 rings (SSSR count). The van der Waals surface area contributed by atoms with Gasteiger partial charge >= 0.3 is 5.97 Å². The lowest BCUT2D eigenvalue weighted by Crippen LogP contribution is -2.35. The number of aryl methyl sites for hydroxylation is 1. The Morgan fingerprint density at radius 3 is 2.67 bits per heavy atom. The van der Waals surface area contributed by atoms with Crippen molar-refractivity contribution < 1.29 is 14.3 Å². The minimum atomic E-state index is -0.265. The number of ether oxygens (including phenoxy) is 1. The molecule has 6 heteroatoms. The first-order valence-electron chi connectivity index (χ1n) is 9.56. The zero-order chi connectivity index (χ0) is 19.4. The third-order valence-electron chi connectivity index (χ3n) is 4.94. The van der Waals surface area contributed by atoms with Crippen LogP contribution < -0.4 is 0 Å². The molecule has 144 valence electrons. The predicted octanol–water partition coefficient (Wildman–Crippen LogP) is 3.29. The highest BCUT2D eigenvalue weighted by Crippen LogP contribution is 2.30. The molecule has 1 aromatic heterocycles. The summed E-state index contributed by atoms with van der Waals surface area (Å²) >= 11 is 0. The van der Waals surface area contributed by atoms with E-state index in [4.69, 9.17) is 4.74 Å². The molecule has 1 aliphatic carbocycles. The molecule has 1 heterocycles. The van der Waals surface area contributed by atoms with E-state index in [9.17, 15) is 9.59 Å². The molecule has 0 aliphatic heterocycles. The van der Waals surface area contributed by atoms with Crippen LogP contribution in [0.5, 0.6) is 0 Å². The van der Waals surface area contributed by atoms with E-state index in [0.29, 0.717) is 31.2 Å². The average Bonchev–Trinajstić information content (AvgIpc) is 3.39. The normalized spacial score (nSPS) is 13.4. The van der Waals surface area contributed by atoms with E-state index in [-0.39, 0.29) is 18.3 Å². The summed E-state index contributed by atoms with van der Waals surface area (Å²) in [6, 6.07) is 7.96. The summed E-state index contributed by atoms with van der Waals surface area (Å²) in [4.78, 5) is 26.7. The third kappa shape index (κ3) is 4.56. The van der Waals surface area contributed by atoms with E-state index in [1.54, 1.807) is 18.0 Å². The van der Waals surface area contributed by atoms with Crippen molar-refractivity contribution >= 4 is 11.9 Å². The van der Waals surface area contributed by atoms with Crippen LogP contribution >= 0.6 is 0 Å². The Kier molecular flexibility index (Phi) is 5.94. The SMILES string of the molecule is CCOC(=O)CCN(CC1CC1)C(=O)c1cnn(-c2ccccc2C)c1C. The van der Waals surface area contributed by atoms with Crippen LogP contribution in [0.4, 0.5) is 0 Å². The zero-order valence-electron chi connectivity index (χ0n) is 16.3.